The van der Waals surface area contributed by atoms with Crippen LogP contribution in [0.1, 0.15) is 39.9 Å². The van der Waals surface area contributed by atoms with Crippen molar-refractivity contribution in [2.45, 2.75) is 32.0 Å². The third kappa shape index (κ3) is 2.59. The zero-order valence-corrected chi connectivity index (χ0v) is 16.3. The smallest absolute Gasteiger partial charge is 0.258 e. The van der Waals surface area contributed by atoms with Crippen LogP contribution in [0.2, 0.25) is 0 Å². The monoisotopic (exact) mass is 382 g/mol. The molecule has 3 aromatic rings. The Morgan fingerprint density at radius 1 is 0.862 bits per heavy atom. The highest BCUT2D eigenvalue weighted by Crippen LogP contribution is 2.50. The lowest BCUT2D eigenvalue weighted by Crippen LogP contribution is -2.61. The number of fused-ring (bicyclic) bond motifs is 3. The van der Waals surface area contributed by atoms with E-state index in [-0.39, 0.29) is 11.8 Å². The standard InChI is InChI=1S/C25H22N2O2/c1-18-11-13-20(14-12-18)25-16-15-23(28)27(25)22-10-6-5-9-21(22)24(29)26(25)17-19-7-3-2-4-8-19/h2-14H,15-17H2,1H3. The zero-order chi connectivity index (χ0) is 20.0. The minimum absolute atomic E-state index is 0.0315. The molecular formula is C25H22N2O2. The van der Waals surface area contributed by atoms with Gasteiger partial charge in [-0.2, -0.15) is 0 Å². The number of carbonyl (C=O) groups excluding carboxylic acids is 2. The molecule has 0 spiro atoms. The van der Waals surface area contributed by atoms with Gasteiger partial charge in [0.1, 0.15) is 5.66 Å². The number of hydrogen-bond acceptors (Lipinski definition) is 2. The second-order valence-electron chi connectivity index (χ2n) is 7.81. The average molecular weight is 382 g/mol. The quantitative estimate of drug-likeness (QED) is 0.663. The number of anilines is 1. The summed E-state index contributed by atoms with van der Waals surface area (Å²) in [5.41, 5.74) is 3.68. The molecule has 4 nitrogen and oxygen atoms in total. The Bertz CT molecular complexity index is 1090. The Kier molecular flexibility index (Phi) is 4.02. The Balaban J connectivity index is 1.75. The van der Waals surface area contributed by atoms with Crippen LogP contribution in [0.15, 0.2) is 78.9 Å². The molecule has 144 valence electrons. The maximum atomic E-state index is 13.7. The molecule has 1 unspecified atom stereocenters. The SMILES string of the molecule is Cc1ccc(C23CCC(=O)N2c2ccccc2C(=O)N3Cc2ccccc2)cc1. The topological polar surface area (TPSA) is 40.6 Å². The van der Waals surface area contributed by atoms with Gasteiger partial charge in [0.15, 0.2) is 0 Å². The van der Waals surface area contributed by atoms with Crippen LogP contribution in [0.5, 0.6) is 0 Å². The fraction of sp³-hybridized carbons (Fsp3) is 0.200. The summed E-state index contributed by atoms with van der Waals surface area (Å²) in [6.45, 7) is 2.49. The van der Waals surface area contributed by atoms with Gasteiger partial charge in [-0.25, -0.2) is 0 Å². The molecule has 0 radical (unpaired) electrons. The summed E-state index contributed by atoms with van der Waals surface area (Å²) in [4.78, 5) is 30.6. The van der Waals surface area contributed by atoms with Crippen molar-refractivity contribution in [1.29, 1.82) is 0 Å². The van der Waals surface area contributed by atoms with E-state index in [4.69, 9.17) is 0 Å². The van der Waals surface area contributed by atoms with E-state index in [2.05, 4.69) is 24.3 Å². The molecular weight excluding hydrogens is 360 g/mol. The molecule has 1 fully saturated rings. The molecule has 0 aliphatic carbocycles. The van der Waals surface area contributed by atoms with E-state index < -0.39 is 5.66 Å². The van der Waals surface area contributed by atoms with E-state index in [1.165, 1.54) is 0 Å². The van der Waals surface area contributed by atoms with Gasteiger partial charge in [0.2, 0.25) is 5.91 Å². The Morgan fingerprint density at radius 3 is 2.31 bits per heavy atom. The predicted molar refractivity (Wildman–Crippen MR) is 112 cm³/mol. The fourth-order valence-corrected chi connectivity index (χ4v) is 4.68. The van der Waals surface area contributed by atoms with E-state index in [0.717, 1.165) is 16.7 Å². The summed E-state index contributed by atoms with van der Waals surface area (Å²) < 4.78 is 0. The minimum atomic E-state index is -0.800. The number of amides is 2. The van der Waals surface area contributed by atoms with Crippen molar-refractivity contribution in [3.63, 3.8) is 0 Å². The molecule has 4 heteroatoms. The highest BCUT2D eigenvalue weighted by Gasteiger charge is 2.56. The van der Waals surface area contributed by atoms with Gasteiger partial charge in [-0.15, -0.1) is 0 Å². The highest BCUT2D eigenvalue weighted by molar-refractivity contribution is 6.10. The molecule has 0 N–H and O–H groups in total. The number of carbonyl (C=O) groups is 2. The third-order valence-corrected chi connectivity index (χ3v) is 6.07. The summed E-state index contributed by atoms with van der Waals surface area (Å²) in [5.74, 6) is 0.0274. The molecule has 0 bridgehead atoms. The first kappa shape index (κ1) is 17.7. The van der Waals surface area contributed by atoms with Crippen LogP contribution in [0.4, 0.5) is 5.69 Å². The number of benzene rings is 3. The maximum absolute atomic E-state index is 13.7. The number of aryl methyl sites for hydroxylation is 1. The molecule has 5 rings (SSSR count). The second kappa shape index (κ2) is 6.59. The molecule has 1 saturated heterocycles. The largest absolute Gasteiger partial charge is 0.307 e. The van der Waals surface area contributed by atoms with Gasteiger partial charge in [0, 0.05) is 19.4 Å². The lowest BCUT2D eigenvalue weighted by atomic mass is 9.88. The van der Waals surface area contributed by atoms with Crippen LogP contribution < -0.4 is 4.90 Å². The lowest BCUT2D eigenvalue weighted by Gasteiger charge is -2.51. The third-order valence-electron chi connectivity index (χ3n) is 6.07. The van der Waals surface area contributed by atoms with Gasteiger partial charge in [-0.1, -0.05) is 72.3 Å². The summed E-state index contributed by atoms with van der Waals surface area (Å²) in [5, 5.41) is 0. The summed E-state index contributed by atoms with van der Waals surface area (Å²) in [6, 6.07) is 25.7. The van der Waals surface area contributed by atoms with Gasteiger partial charge in [0.05, 0.1) is 11.3 Å². The van der Waals surface area contributed by atoms with E-state index in [9.17, 15) is 9.59 Å². The summed E-state index contributed by atoms with van der Waals surface area (Å²) in [6.07, 6.45) is 1.00. The van der Waals surface area contributed by atoms with Crippen molar-refractivity contribution < 1.29 is 9.59 Å². The number of rotatable bonds is 3. The normalized spacial score (nSPS) is 20.6. The van der Waals surface area contributed by atoms with Gasteiger partial charge in [0.25, 0.3) is 5.91 Å². The second-order valence-corrected chi connectivity index (χ2v) is 7.81. The van der Waals surface area contributed by atoms with E-state index in [1.807, 2.05) is 71.3 Å². The molecule has 0 saturated carbocycles. The van der Waals surface area contributed by atoms with Gasteiger partial charge >= 0.3 is 0 Å². The molecule has 29 heavy (non-hydrogen) atoms. The summed E-state index contributed by atoms with van der Waals surface area (Å²) >= 11 is 0. The molecule has 0 aromatic heterocycles. The first-order valence-corrected chi connectivity index (χ1v) is 9.96. The van der Waals surface area contributed by atoms with Crippen molar-refractivity contribution in [2.24, 2.45) is 0 Å². The predicted octanol–water partition coefficient (Wildman–Crippen LogP) is 4.63. The van der Waals surface area contributed by atoms with Crippen LogP contribution >= 0.6 is 0 Å². The Morgan fingerprint density at radius 2 is 1.55 bits per heavy atom. The van der Waals surface area contributed by atoms with Crippen LogP contribution in [0.3, 0.4) is 0 Å². The van der Waals surface area contributed by atoms with Crippen LogP contribution in [-0.4, -0.2) is 16.7 Å². The van der Waals surface area contributed by atoms with Crippen LogP contribution in [0.25, 0.3) is 0 Å². The van der Waals surface area contributed by atoms with Crippen molar-refractivity contribution in [2.75, 3.05) is 4.90 Å². The highest BCUT2D eigenvalue weighted by atomic mass is 16.2. The van der Waals surface area contributed by atoms with Crippen LogP contribution in [-0.2, 0) is 17.0 Å². The molecule has 2 aliphatic rings. The van der Waals surface area contributed by atoms with E-state index in [1.54, 1.807) is 0 Å². The molecule has 3 aromatic carbocycles. The number of hydrogen-bond donors (Lipinski definition) is 0. The van der Waals surface area contributed by atoms with Gasteiger partial charge < -0.3 is 4.90 Å². The fourth-order valence-electron chi connectivity index (χ4n) is 4.68. The summed E-state index contributed by atoms with van der Waals surface area (Å²) in [7, 11) is 0. The van der Waals surface area contributed by atoms with Crippen molar-refractivity contribution >= 4 is 17.5 Å². The molecule has 1 atom stereocenters. The van der Waals surface area contributed by atoms with Crippen molar-refractivity contribution in [3.8, 4) is 0 Å². The zero-order valence-electron chi connectivity index (χ0n) is 16.3. The van der Waals surface area contributed by atoms with E-state index >= 15 is 0 Å². The first-order chi connectivity index (χ1) is 14.1. The lowest BCUT2D eigenvalue weighted by molar-refractivity contribution is -0.118. The minimum Gasteiger partial charge on any atom is -0.307 e. The number of para-hydroxylation sites is 1. The first-order valence-electron chi connectivity index (χ1n) is 9.96. The van der Waals surface area contributed by atoms with Crippen LogP contribution in [0, 0.1) is 6.92 Å². The van der Waals surface area contributed by atoms with E-state index in [0.29, 0.717) is 30.6 Å². The Hall–Kier alpha value is -3.40. The maximum Gasteiger partial charge on any atom is 0.258 e. The number of nitrogens with zero attached hydrogens (tertiary/aromatic N) is 2. The van der Waals surface area contributed by atoms with Crippen molar-refractivity contribution in [3.05, 3.63) is 101 Å². The molecule has 2 heterocycles. The van der Waals surface area contributed by atoms with Crippen molar-refractivity contribution in [1.82, 2.24) is 4.90 Å². The Labute approximate surface area is 170 Å². The van der Waals surface area contributed by atoms with Gasteiger partial charge in [-0.3, -0.25) is 14.5 Å². The van der Waals surface area contributed by atoms with Gasteiger partial charge in [-0.05, 0) is 30.2 Å². The molecule has 2 aliphatic heterocycles. The average Bonchev–Trinajstić information content (AvgIpc) is 3.10. The molecule has 2 amide bonds.